The van der Waals surface area contributed by atoms with Crippen molar-refractivity contribution in [2.75, 3.05) is 5.73 Å². The van der Waals surface area contributed by atoms with E-state index in [1.807, 2.05) is 0 Å². The van der Waals surface area contributed by atoms with Gasteiger partial charge in [0.1, 0.15) is 0 Å². The van der Waals surface area contributed by atoms with Crippen LogP contribution in [0.15, 0.2) is 18.2 Å². The third kappa shape index (κ3) is 3.21. The van der Waals surface area contributed by atoms with Crippen molar-refractivity contribution in [3.63, 3.8) is 0 Å². The predicted molar refractivity (Wildman–Crippen MR) is 79.3 cm³/mol. The molecule has 4 heteroatoms. The highest BCUT2D eigenvalue weighted by Crippen LogP contribution is 2.34. The number of benzene rings is 1. The smallest absolute Gasteiger partial charge is 0.251 e. The van der Waals surface area contributed by atoms with Gasteiger partial charge in [-0.05, 0) is 42.9 Å². The van der Waals surface area contributed by atoms with E-state index in [4.69, 9.17) is 17.3 Å². The molecule has 104 valence electrons. The zero-order chi connectivity index (χ0) is 14.0. The molecule has 3 unspecified atom stereocenters. The van der Waals surface area contributed by atoms with Crippen LogP contribution >= 0.6 is 11.6 Å². The Bertz CT molecular complexity index is 455. The van der Waals surface area contributed by atoms with Gasteiger partial charge < -0.3 is 11.1 Å². The van der Waals surface area contributed by atoms with Crippen molar-refractivity contribution < 1.29 is 4.79 Å². The predicted octanol–water partition coefficient (Wildman–Crippen LogP) is 3.48. The Hall–Kier alpha value is -1.22. The van der Waals surface area contributed by atoms with Gasteiger partial charge in [-0.1, -0.05) is 31.9 Å². The molecule has 1 fully saturated rings. The Labute approximate surface area is 119 Å². The molecule has 1 amide bonds. The van der Waals surface area contributed by atoms with E-state index in [1.54, 1.807) is 18.2 Å². The lowest BCUT2D eigenvalue weighted by atomic mass is 9.93. The summed E-state index contributed by atoms with van der Waals surface area (Å²) in [4.78, 5) is 12.2. The Morgan fingerprint density at radius 1 is 1.42 bits per heavy atom. The molecule has 3 nitrogen and oxygen atoms in total. The summed E-state index contributed by atoms with van der Waals surface area (Å²) in [5.74, 6) is 1.17. The van der Waals surface area contributed by atoms with Crippen LogP contribution in [0.4, 0.5) is 5.69 Å². The topological polar surface area (TPSA) is 55.1 Å². The number of amides is 1. The summed E-state index contributed by atoms with van der Waals surface area (Å²) < 4.78 is 0. The zero-order valence-corrected chi connectivity index (χ0v) is 12.2. The van der Waals surface area contributed by atoms with Gasteiger partial charge in [-0.2, -0.15) is 0 Å². The van der Waals surface area contributed by atoms with E-state index in [9.17, 15) is 4.79 Å². The van der Waals surface area contributed by atoms with Crippen LogP contribution in [0.3, 0.4) is 0 Å². The number of rotatable bonds is 3. The summed E-state index contributed by atoms with van der Waals surface area (Å²) in [6.45, 7) is 4.43. The molecule has 1 aromatic rings. The van der Waals surface area contributed by atoms with Crippen LogP contribution in [-0.4, -0.2) is 11.9 Å². The first-order chi connectivity index (χ1) is 9.01. The number of nitrogens with one attached hydrogen (secondary N) is 1. The maximum Gasteiger partial charge on any atom is 0.251 e. The molecule has 1 aliphatic carbocycles. The molecule has 0 spiro atoms. The highest BCUT2D eigenvalue weighted by atomic mass is 35.5. The van der Waals surface area contributed by atoms with Crippen molar-refractivity contribution in [3.8, 4) is 0 Å². The number of hydrogen-bond acceptors (Lipinski definition) is 2. The molecular weight excluding hydrogens is 260 g/mol. The first-order valence-electron chi connectivity index (χ1n) is 6.88. The zero-order valence-electron chi connectivity index (χ0n) is 11.4. The van der Waals surface area contributed by atoms with Crippen LogP contribution in [0, 0.1) is 11.8 Å². The SMILES string of the molecule is CCC1CCC(NC(=O)c2cc(N)cc(Cl)c2)C1C. The summed E-state index contributed by atoms with van der Waals surface area (Å²) >= 11 is 5.93. The molecule has 3 atom stereocenters. The van der Waals surface area contributed by atoms with Gasteiger partial charge in [-0.15, -0.1) is 0 Å². The molecule has 3 N–H and O–H groups in total. The second-order valence-corrected chi connectivity index (χ2v) is 5.89. The fraction of sp³-hybridized carbons (Fsp3) is 0.533. The quantitative estimate of drug-likeness (QED) is 0.833. The lowest BCUT2D eigenvalue weighted by Crippen LogP contribution is -2.37. The maximum atomic E-state index is 12.2. The largest absolute Gasteiger partial charge is 0.399 e. The lowest BCUT2D eigenvalue weighted by Gasteiger charge is -2.21. The first kappa shape index (κ1) is 14.2. The molecule has 0 saturated heterocycles. The van der Waals surface area contributed by atoms with E-state index in [0.717, 1.165) is 12.3 Å². The van der Waals surface area contributed by atoms with Gasteiger partial charge in [0, 0.05) is 22.3 Å². The Morgan fingerprint density at radius 2 is 2.16 bits per heavy atom. The van der Waals surface area contributed by atoms with Crippen LogP contribution in [0.2, 0.25) is 5.02 Å². The molecule has 19 heavy (non-hydrogen) atoms. The van der Waals surface area contributed by atoms with E-state index in [-0.39, 0.29) is 11.9 Å². The maximum absolute atomic E-state index is 12.2. The number of nitrogens with two attached hydrogens (primary N) is 1. The number of anilines is 1. The van der Waals surface area contributed by atoms with Crippen molar-refractivity contribution in [2.45, 2.75) is 39.2 Å². The molecule has 2 rings (SSSR count). The van der Waals surface area contributed by atoms with Crippen LogP contribution < -0.4 is 11.1 Å². The minimum Gasteiger partial charge on any atom is -0.399 e. The number of carbonyl (C=O) groups excluding carboxylic acids is 1. The van der Waals surface area contributed by atoms with E-state index < -0.39 is 0 Å². The van der Waals surface area contributed by atoms with E-state index in [0.29, 0.717) is 22.2 Å². The third-order valence-electron chi connectivity index (χ3n) is 4.25. The first-order valence-corrected chi connectivity index (χ1v) is 7.26. The Balaban J connectivity index is 2.05. The fourth-order valence-electron chi connectivity index (χ4n) is 3.02. The van der Waals surface area contributed by atoms with Gasteiger partial charge in [-0.25, -0.2) is 0 Å². The highest BCUT2D eigenvalue weighted by Gasteiger charge is 2.32. The van der Waals surface area contributed by atoms with E-state index >= 15 is 0 Å². The summed E-state index contributed by atoms with van der Waals surface area (Å²) in [5.41, 5.74) is 6.77. The minimum atomic E-state index is -0.0807. The number of hydrogen-bond donors (Lipinski definition) is 2. The minimum absolute atomic E-state index is 0.0807. The average molecular weight is 281 g/mol. The standard InChI is InChI=1S/C15H21ClN2O/c1-3-10-4-5-14(9(10)2)18-15(19)11-6-12(16)8-13(17)7-11/h6-10,14H,3-5,17H2,1-2H3,(H,18,19). The second-order valence-electron chi connectivity index (χ2n) is 5.46. The molecule has 0 aromatic heterocycles. The summed E-state index contributed by atoms with van der Waals surface area (Å²) in [7, 11) is 0. The van der Waals surface area contributed by atoms with E-state index in [1.165, 1.54) is 12.8 Å². The molecular formula is C15H21ClN2O. The molecule has 0 heterocycles. The van der Waals surface area contributed by atoms with Gasteiger partial charge in [-0.3, -0.25) is 4.79 Å². The average Bonchev–Trinajstić information content (AvgIpc) is 2.69. The number of halogens is 1. The van der Waals surface area contributed by atoms with Gasteiger partial charge in [0.05, 0.1) is 0 Å². The third-order valence-corrected chi connectivity index (χ3v) is 4.47. The molecule has 0 aliphatic heterocycles. The summed E-state index contributed by atoms with van der Waals surface area (Å²) in [6, 6.07) is 5.23. The molecule has 0 bridgehead atoms. The van der Waals surface area contributed by atoms with Crippen LogP contribution in [0.25, 0.3) is 0 Å². The van der Waals surface area contributed by atoms with Gasteiger partial charge >= 0.3 is 0 Å². The van der Waals surface area contributed by atoms with Crippen molar-refractivity contribution in [2.24, 2.45) is 11.8 Å². The van der Waals surface area contributed by atoms with Crippen LogP contribution in [0.5, 0.6) is 0 Å². The molecule has 1 saturated carbocycles. The van der Waals surface area contributed by atoms with Gasteiger partial charge in [0.2, 0.25) is 0 Å². The van der Waals surface area contributed by atoms with Gasteiger partial charge in [0.15, 0.2) is 0 Å². The van der Waals surface area contributed by atoms with Crippen LogP contribution in [0.1, 0.15) is 43.5 Å². The number of nitrogen functional groups attached to an aromatic ring is 1. The summed E-state index contributed by atoms with van der Waals surface area (Å²) in [6.07, 6.45) is 3.43. The van der Waals surface area contributed by atoms with Crippen molar-refractivity contribution in [3.05, 3.63) is 28.8 Å². The molecule has 1 aromatic carbocycles. The molecule has 0 radical (unpaired) electrons. The summed E-state index contributed by atoms with van der Waals surface area (Å²) in [5, 5.41) is 3.61. The molecule has 1 aliphatic rings. The van der Waals surface area contributed by atoms with Crippen LogP contribution in [-0.2, 0) is 0 Å². The fourth-order valence-corrected chi connectivity index (χ4v) is 3.27. The highest BCUT2D eigenvalue weighted by molar-refractivity contribution is 6.31. The monoisotopic (exact) mass is 280 g/mol. The van der Waals surface area contributed by atoms with Crippen molar-refractivity contribution in [1.82, 2.24) is 5.32 Å². The second kappa shape index (κ2) is 5.83. The van der Waals surface area contributed by atoms with Crippen molar-refractivity contribution in [1.29, 1.82) is 0 Å². The Kier molecular flexibility index (Phi) is 4.35. The normalized spacial score (nSPS) is 26.4. The van der Waals surface area contributed by atoms with Crippen molar-refractivity contribution >= 4 is 23.2 Å². The number of carbonyl (C=O) groups is 1. The van der Waals surface area contributed by atoms with E-state index in [2.05, 4.69) is 19.2 Å². The lowest BCUT2D eigenvalue weighted by molar-refractivity contribution is 0.0926. The Morgan fingerprint density at radius 3 is 2.74 bits per heavy atom. The van der Waals surface area contributed by atoms with Gasteiger partial charge in [0.25, 0.3) is 5.91 Å².